The smallest absolute Gasteiger partial charge is 0.191 e. The summed E-state index contributed by atoms with van der Waals surface area (Å²) in [5, 5.41) is 7.16. The maximum Gasteiger partial charge on any atom is 0.191 e. The van der Waals surface area contributed by atoms with Gasteiger partial charge in [-0.3, -0.25) is 9.89 Å². The highest BCUT2D eigenvalue weighted by atomic mass is 16.5. The number of likely N-dealkylation sites (N-methyl/N-ethyl adjacent to an activating group) is 1. The number of hydrogen-bond acceptors (Lipinski definition) is 4. The van der Waals surface area contributed by atoms with Crippen LogP contribution in [-0.4, -0.2) is 87.4 Å². The molecule has 6 nitrogen and oxygen atoms in total. The van der Waals surface area contributed by atoms with Gasteiger partial charge in [0, 0.05) is 44.3 Å². The number of nitrogens with zero attached hydrogens (tertiary/aromatic N) is 3. The fraction of sp³-hybridized carbons (Fsp3) is 0.950. The van der Waals surface area contributed by atoms with Crippen LogP contribution < -0.4 is 10.6 Å². The minimum absolute atomic E-state index is 0.0833. The van der Waals surface area contributed by atoms with Crippen LogP contribution in [0.4, 0.5) is 0 Å². The molecule has 0 amide bonds. The molecule has 6 heteroatoms. The van der Waals surface area contributed by atoms with Crippen molar-refractivity contribution < 1.29 is 4.74 Å². The summed E-state index contributed by atoms with van der Waals surface area (Å²) in [6.07, 6.45) is 5.18. The molecule has 152 valence electrons. The molecule has 0 spiro atoms. The molecule has 2 aliphatic rings. The van der Waals surface area contributed by atoms with Gasteiger partial charge in [0.2, 0.25) is 0 Å². The molecule has 2 unspecified atom stereocenters. The first-order chi connectivity index (χ1) is 12.3. The van der Waals surface area contributed by atoms with Gasteiger partial charge in [-0.1, -0.05) is 19.8 Å². The van der Waals surface area contributed by atoms with Gasteiger partial charge in [0.1, 0.15) is 0 Å². The van der Waals surface area contributed by atoms with Crippen molar-refractivity contribution in [3.63, 3.8) is 0 Å². The second kappa shape index (κ2) is 9.38. The molecule has 0 aromatic heterocycles. The van der Waals surface area contributed by atoms with Gasteiger partial charge in [-0.25, -0.2) is 0 Å². The predicted octanol–water partition coefficient (Wildman–Crippen LogP) is 1.77. The maximum atomic E-state index is 5.49. The Morgan fingerprint density at radius 1 is 1.27 bits per heavy atom. The minimum Gasteiger partial charge on any atom is -0.379 e. The maximum absolute atomic E-state index is 5.49. The monoisotopic (exact) mass is 367 g/mol. The van der Waals surface area contributed by atoms with Crippen LogP contribution >= 0.6 is 0 Å². The second-order valence-corrected chi connectivity index (χ2v) is 9.01. The molecule has 2 fully saturated rings. The standard InChI is InChI=1S/C20H41N5O/c1-17-8-7-9-20(14-17,24(5)6)16-23-18(21-4)22-15-19(2,3)25-10-12-26-13-11-25/h17H,7-16H2,1-6H3,(H2,21,22,23). The van der Waals surface area contributed by atoms with Crippen molar-refractivity contribution in [1.82, 2.24) is 20.4 Å². The highest BCUT2D eigenvalue weighted by molar-refractivity contribution is 5.79. The summed E-state index contributed by atoms with van der Waals surface area (Å²) in [4.78, 5) is 9.38. The Bertz CT molecular complexity index is 459. The Morgan fingerprint density at radius 2 is 1.96 bits per heavy atom. The fourth-order valence-electron chi connectivity index (χ4n) is 4.41. The van der Waals surface area contributed by atoms with Crippen LogP contribution in [0.15, 0.2) is 4.99 Å². The first kappa shape index (κ1) is 21.5. The van der Waals surface area contributed by atoms with Gasteiger partial charge < -0.3 is 20.3 Å². The van der Waals surface area contributed by atoms with E-state index in [1.54, 1.807) is 0 Å². The predicted molar refractivity (Wildman–Crippen MR) is 110 cm³/mol. The first-order valence-electron chi connectivity index (χ1n) is 10.2. The molecule has 2 N–H and O–H groups in total. The van der Waals surface area contributed by atoms with Gasteiger partial charge in [-0.15, -0.1) is 0 Å². The molecule has 0 bridgehead atoms. The first-order valence-corrected chi connectivity index (χ1v) is 10.2. The van der Waals surface area contributed by atoms with E-state index < -0.39 is 0 Å². The van der Waals surface area contributed by atoms with Gasteiger partial charge in [0.25, 0.3) is 0 Å². The second-order valence-electron chi connectivity index (χ2n) is 9.01. The molecule has 1 saturated heterocycles. The van der Waals surface area contributed by atoms with Crippen molar-refractivity contribution in [2.45, 2.75) is 57.5 Å². The lowest BCUT2D eigenvalue weighted by Gasteiger charge is -2.45. The van der Waals surface area contributed by atoms with E-state index in [0.29, 0.717) is 0 Å². The Morgan fingerprint density at radius 3 is 2.54 bits per heavy atom. The summed E-state index contributed by atoms with van der Waals surface area (Å²) in [5.74, 6) is 1.70. The van der Waals surface area contributed by atoms with E-state index in [9.17, 15) is 0 Å². The van der Waals surface area contributed by atoms with E-state index in [1.807, 2.05) is 7.05 Å². The number of aliphatic imine (C=N–C) groups is 1. The largest absolute Gasteiger partial charge is 0.379 e. The van der Waals surface area contributed by atoms with Crippen LogP contribution in [-0.2, 0) is 4.74 Å². The lowest BCUT2D eigenvalue weighted by molar-refractivity contribution is -0.00836. The van der Waals surface area contributed by atoms with E-state index >= 15 is 0 Å². The number of nitrogens with one attached hydrogen (secondary N) is 2. The Labute approximate surface area is 160 Å². The number of hydrogen-bond donors (Lipinski definition) is 2. The highest BCUT2D eigenvalue weighted by Crippen LogP contribution is 2.35. The molecule has 1 saturated carbocycles. The Kier molecular flexibility index (Phi) is 7.74. The van der Waals surface area contributed by atoms with Crippen LogP contribution in [0.2, 0.25) is 0 Å². The normalized spacial score (nSPS) is 29.0. The zero-order valence-corrected chi connectivity index (χ0v) is 17.9. The zero-order valence-electron chi connectivity index (χ0n) is 17.9. The lowest BCUT2D eigenvalue weighted by Crippen LogP contribution is -2.59. The molecule has 26 heavy (non-hydrogen) atoms. The molecule has 0 aromatic rings. The van der Waals surface area contributed by atoms with Gasteiger partial charge in [0.15, 0.2) is 5.96 Å². The van der Waals surface area contributed by atoms with Gasteiger partial charge in [0.05, 0.1) is 13.2 Å². The summed E-state index contributed by atoms with van der Waals surface area (Å²) < 4.78 is 5.49. The highest BCUT2D eigenvalue weighted by Gasteiger charge is 2.37. The summed E-state index contributed by atoms with van der Waals surface area (Å²) in [6, 6.07) is 0. The third-order valence-electron chi connectivity index (χ3n) is 6.38. The third kappa shape index (κ3) is 5.57. The number of ether oxygens (including phenoxy) is 1. The van der Waals surface area contributed by atoms with Crippen molar-refractivity contribution in [3.05, 3.63) is 0 Å². The molecule has 2 atom stereocenters. The molecule has 0 radical (unpaired) electrons. The number of rotatable bonds is 6. The van der Waals surface area contributed by atoms with Crippen molar-refractivity contribution in [1.29, 1.82) is 0 Å². The Balaban J connectivity index is 1.88. The van der Waals surface area contributed by atoms with Gasteiger partial charge in [-0.05, 0) is 46.7 Å². The average Bonchev–Trinajstić information content (AvgIpc) is 2.62. The molecule has 2 rings (SSSR count). The molecule has 1 heterocycles. The zero-order chi connectivity index (χ0) is 19.2. The fourth-order valence-corrected chi connectivity index (χ4v) is 4.41. The summed E-state index contributed by atoms with van der Waals surface area (Å²) in [6.45, 7) is 12.5. The van der Waals surface area contributed by atoms with Crippen LogP contribution in [0, 0.1) is 5.92 Å². The van der Waals surface area contributed by atoms with Crippen LogP contribution in [0.25, 0.3) is 0 Å². The van der Waals surface area contributed by atoms with E-state index in [4.69, 9.17) is 4.74 Å². The molecule has 1 aliphatic carbocycles. The van der Waals surface area contributed by atoms with E-state index in [2.05, 4.69) is 60.3 Å². The molecular weight excluding hydrogens is 326 g/mol. The summed E-state index contributed by atoms with van der Waals surface area (Å²) in [7, 11) is 6.30. The van der Waals surface area contributed by atoms with Crippen LogP contribution in [0.3, 0.4) is 0 Å². The van der Waals surface area contributed by atoms with E-state index in [-0.39, 0.29) is 11.1 Å². The van der Waals surface area contributed by atoms with Gasteiger partial charge >= 0.3 is 0 Å². The van der Waals surface area contributed by atoms with Crippen LogP contribution in [0.5, 0.6) is 0 Å². The van der Waals surface area contributed by atoms with E-state index in [1.165, 1.54) is 25.7 Å². The van der Waals surface area contributed by atoms with Crippen molar-refractivity contribution in [2.75, 3.05) is 60.5 Å². The van der Waals surface area contributed by atoms with Crippen LogP contribution in [0.1, 0.15) is 46.5 Å². The lowest BCUT2D eigenvalue weighted by atomic mass is 9.75. The quantitative estimate of drug-likeness (QED) is 0.554. The van der Waals surface area contributed by atoms with Crippen molar-refractivity contribution in [3.8, 4) is 0 Å². The molecule has 1 aliphatic heterocycles. The topological polar surface area (TPSA) is 52.1 Å². The summed E-state index contributed by atoms with van der Waals surface area (Å²) >= 11 is 0. The third-order valence-corrected chi connectivity index (χ3v) is 6.38. The minimum atomic E-state index is 0.0833. The number of guanidine groups is 1. The number of morpholine rings is 1. The van der Waals surface area contributed by atoms with Crippen molar-refractivity contribution >= 4 is 5.96 Å². The Hall–Kier alpha value is -0.850. The summed E-state index contributed by atoms with van der Waals surface area (Å²) in [5.41, 5.74) is 0.314. The van der Waals surface area contributed by atoms with Crippen molar-refractivity contribution in [2.24, 2.45) is 10.9 Å². The molecular formula is C20H41N5O. The SMILES string of the molecule is CN=C(NCC(C)(C)N1CCOCC1)NCC1(N(C)C)CCCC(C)C1. The van der Waals surface area contributed by atoms with Gasteiger partial charge in [-0.2, -0.15) is 0 Å². The van der Waals surface area contributed by atoms with E-state index in [0.717, 1.165) is 51.3 Å². The average molecular weight is 368 g/mol. The molecule has 0 aromatic carbocycles.